The SMILES string of the molecule is Cc1ccc(N(C)CC(C)(NC(C)C)C(N)=O)c(C)c1. The van der Waals surface area contributed by atoms with Gasteiger partial charge in [-0.05, 0) is 46.2 Å². The average Bonchev–Trinajstić information content (AvgIpc) is 2.26. The normalized spacial score (nSPS) is 14.2. The van der Waals surface area contributed by atoms with E-state index in [0.29, 0.717) is 6.54 Å². The van der Waals surface area contributed by atoms with Crippen LogP contribution in [0, 0.1) is 13.8 Å². The first-order chi connectivity index (χ1) is 9.15. The third kappa shape index (κ3) is 3.97. The number of benzene rings is 1. The minimum atomic E-state index is -0.750. The molecule has 0 heterocycles. The number of rotatable bonds is 6. The number of primary amides is 1. The van der Waals surface area contributed by atoms with Gasteiger partial charge in [-0.2, -0.15) is 0 Å². The number of carbonyl (C=O) groups is 1. The van der Waals surface area contributed by atoms with E-state index in [-0.39, 0.29) is 11.9 Å². The van der Waals surface area contributed by atoms with E-state index in [0.717, 1.165) is 5.69 Å². The standard InChI is InChI=1S/C16H27N3O/c1-11(2)18-16(5,15(17)20)10-19(6)14-8-7-12(3)9-13(14)4/h7-9,11,18H,10H2,1-6H3,(H2,17,20). The maximum Gasteiger partial charge on any atom is 0.239 e. The molecule has 0 saturated carbocycles. The Labute approximate surface area is 122 Å². The molecule has 1 aromatic rings. The summed E-state index contributed by atoms with van der Waals surface area (Å²) in [6, 6.07) is 6.50. The molecule has 0 radical (unpaired) electrons. The first-order valence-corrected chi connectivity index (χ1v) is 7.01. The number of nitrogens with two attached hydrogens (primary N) is 1. The lowest BCUT2D eigenvalue weighted by Gasteiger charge is -2.35. The number of hydrogen-bond acceptors (Lipinski definition) is 3. The monoisotopic (exact) mass is 277 g/mol. The third-order valence-electron chi connectivity index (χ3n) is 3.47. The predicted molar refractivity (Wildman–Crippen MR) is 85.1 cm³/mol. The van der Waals surface area contributed by atoms with Gasteiger partial charge in [0, 0.05) is 25.3 Å². The Morgan fingerprint density at radius 1 is 1.40 bits per heavy atom. The molecule has 0 aliphatic carbocycles. The zero-order valence-corrected chi connectivity index (χ0v) is 13.4. The first-order valence-electron chi connectivity index (χ1n) is 7.01. The number of carbonyl (C=O) groups excluding carboxylic acids is 1. The van der Waals surface area contributed by atoms with Gasteiger partial charge in [-0.25, -0.2) is 0 Å². The Balaban J connectivity index is 2.96. The first kappa shape index (κ1) is 16.5. The Morgan fingerprint density at radius 2 is 2.00 bits per heavy atom. The highest BCUT2D eigenvalue weighted by atomic mass is 16.1. The van der Waals surface area contributed by atoms with Gasteiger partial charge in [-0.3, -0.25) is 10.1 Å². The van der Waals surface area contributed by atoms with Crippen LogP contribution in [-0.4, -0.2) is 31.1 Å². The summed E-state index contributed by atoms with van der Waals surface area (Å²) >= 11 is 0. The van der Waals surface area contributed by atoms with Gasteiger partial charge in [0.15, 0.2) is 0 Å². The number of nitrogens with one attached hydrogen (secondary N) is 1. The van der Waals surface area contributed by atoms with Crippen molar-refractivity contribution >= 4 is 11.6 Å². The minimum Gasteiger partial charge on any atom is -0.372 e. The van der Waals surface area contributed by atoms with E-state index in [4.69, 9.17) is 5.73 Å². The van der Waals surface area contributed by atoms with Crippen molar-refractivity contribution in [1.82, 2.24) is 5.32 Å². The summed E-state index contributed by atoms with van der Waals surface area (Å²) in [5, 5.41) is 3.27. The number of nitrogens with zero attached hydrogens (tertiary/aromatic N) is 1. The number of amides is 1. The van der Waals surface area contributed by atoms with Crippen LogP contribution in [0.25, 0.3) is 0 Å². The van der Waals surface area contributed by atoms with Crippen LogP contribution in [0.1, 0.15) is 31.9 Å². The average molecular weight is 277 g/mol. The maximum absolute atomic E-state index is 11.8. The highest BCUT2D eigenvalue weighted by molar-refractivity contribution is 5.85. The Bertz CT molecular complexity index is 485. The lowest BCUT2D eigenvalue weighted by atomic mass is 9.98. The van der Waals surface area contributed by atoms with Gasteiger partial charge in [0.05, 0.1) is 0 Å². The molecule has 0 aliphatic heterocycles. The van der Waals surface area contributed by atoms with Crippen LogP contribution in [0.2, 0.25) is 0 Å². The van der Waals surface area contributed by atoms with Gasteiger partial charge in [0.2, 0.25) is 5.91 Å². The second kappa shape index (κ2) is 6.27. The van der Waals surface area contributed by atoms with E-state index >= 15 is 0 Å². The lowest BCUT2D eigenvalue weighted by molar-refractivity contribution is -0.123. The molecule has 112 valence electrons. The molecule has 0 spiro atoms. The van der Waals surface area contributed by atoms with Crippen LogP contribution >= 0.6 is 0 Å². The van der Waals surface area contributed by atoms with Crippen molar-refractivity contribution < 1.29 is 4.79 Å². The largest absolute Gasteiger partial charge is 0.372 e. The topological polar surface area (TPSA) is 58.4 Å². The second-order valence-electron chi connectivity index (χ2n) is 6.14. The van der Waals surface area contributed by atoms with Gasteiger partial charge < -0.3 is 10.6 Å². The van der Waals surface area contributed by atoms with Crippen molar-refractivity contribution in [2.75, 3.05) is 18.5 Å². The van der Waals surface area contributed by atoms with E-state index in [2.05, 4.69) is 42.3 Å². The van der Waals surface area contributed by atoms with Crippen molar-refractivity contribution in [1.29, 1.82) is 0 Å². The molecule has 20 heavy (non-hydrogen) atoms. The van der Waals surface area contributed by atoms with E-state index in [1.165, 1.54) is 11.1 Å². The quantitative estimate of drug-likeness (QED) is 0.836. The van der Waals surface area contributed by atoms with Gasteiger partial charge in [-0.15, -0.1) is 0 Å². The minimum absolute atomic E-state index is 0.194. The van der Waals surface area contributed by atoms with Crippen LogP contribution in [-0.2, 0) is 4.79 Å². The summed E-state index contributed by atoms with van der Waals surface area (Å²) in [4.78, 5) is 13.9. The van der Waals surface area contributed by atoms with Crippen molar-refractivity contribution in [2.24, 2.45) is 5.73 Å². The molecule has 0 fully saturated rings. The summed E-state index contributed by atoms with van der Waals surface area (Å²) in [7, 11) is 1.99. The lowest BCUT2D eigenvalue weighted by Crippen LogP contribution is -2.61. The van der Waals surface area contributed by atoms with Gasteiger partial charge in [0.1, 0.15) is 5.54 Å². The fraction of sp³-hybridized carbons (Fsp3) is 0.562. The number of hydrogen-bond donors (Lipinski definition) is 2. The Hall–Kier alpha value is -1.55. The van der Waals surface area contributed by atoms with Gasteiger partial charge in [-0.1, -0.05) is 17.7 Å². The third-order valence-corrected chi connectivity index (χ3v) is 3.47. The molecule has 0 bridgehead atoms. The summed E-state index contributed by atoms with van der Waals surface area (Å²) in [6.45, 7) is 10.6. The van der Waals surface area contributed by atoms with Crippen LogP contribution in [0.5, 0.6) is 0 Å². The van der Waals surface area contributed by atoms with Crippen molar-refractivity contribution in [3.8, 4) is 0 Å². The fourth-order valence-corrected chi connectivity index (χ4v) is 2.63. The van der Waals surface area contributed by atoms with Gasteiger partial charge >= 0.3 is 0 Å². The van der Waals surface area contributed by atoms with Gasteiger partial charge in [0.25, 0.3) is 0 Å². The molecular weight excluding hydrogens is 250 g/mol. The second-order valence-corrected chi connectivity index (χ2v) is 6.14. The summed E-state index contributed by atoms with van der Waals surface area (Å²) in [5.41, 5.74) is 8.38. The van der Waals surface area contributed by atoms with E-state index in [9.17, 15) is 4.79 Å². The molecule has 1 unspecified atom stereocenters. The maximum atomic E-state index is 11.8. The van der Waals surface area contributed by atoms with E-state index in [1.54, 1.807) is 0 Å². The molecule has 0 aromatic heterocycles. The van der Waals surface area contributed by atoms with Crippen molar-refractivity contribution in [3.05, 3.63) is 29.3 Å². The molecule has 1 rings (SSSR count). The number of likely N-dealkylation sites (N-methyl/N-ethyl adjacent to an activating group) is 1. The predicted octanol–water partition coefficient (Wildman–Crippen LogP) is 1.98. The molecule has 1 aromatic carbocycles. The Morgan fingerprint density at radius 3 is 2.45 bits per heavy atom. The van der Waals surface area contributed by atoms with Crippen LogP contribution in [0.15, 0.2) is 18.2 Å². The smallest absolute Gasteiger partial charge is 0.239 e. The number of anilines is 1. The molecule has 3 N–H and O–H groups in total. The van der Waals surface area contributed by atoms with E-state index in [1.807, 2.05) is 27.8 Å². The van der Waals surface area contributed by atoms with Crippen LogP contribution in [0.4, 0.5) is 5.69 Å². The molecule has 4 heteroatoms. The molecule has 0 saturated heterocycles. The molecule has 1 atom stereocenters. The molecule has 1 amide bonds. The van der Waals surface area contributed by atoms with E-state index < -0.39 is 5.54 Å². The molecule has 0 aliphatic rings. The fourth-order valence-electron chi connectivity index (χ4n) is 2.63. The Kier molecular flexibility index (Phi) is 5.17. The number of aryl methyl sites for hydroxylation is 2. The summed E-state index contributed by atoms with van der Waals surface area (Å²) in [5.74, 6) is -0.331. The van der Waals surface area contributed by atoms with Crippen molar-refractivity contribution in [3.63, 3.8) is 0 Å². The molecular formula is C16H27N3O. The zero-order chi connectivity index (χ0) is 15.5. The van der Waals surface area contributed by atoms with Crippen molar-refractivity contribution in [2.45, 2.75) is 46.2 Å². The van der Waals surface area contributed by atoms with Crippen LogP contribution in [0.3, 0.4) is 0 Å². The van der Waals surface area contributed by atoms with Crippen LogP contribution < -0.4 is 16.0 Å². The highest BCUT2D eigenvalue weighted by Gasteiger charge is 2.33. The summed E-state index contributed by atoms with van der Waals surface area (Å²) < 4.78 is 0. The zero-order valence-electron chi connectivity index (χ0n) is 13.4. The highest BCUT2D eigenvalue weighted by Crippen LogP contribution is 2.21. The summed E-state index contributed by atoms with van der Waals surface area (Å²) in [6.07, 6.45) is 0. The molecule has 4 nitrogen and oxygen atoms in total.